The Morgan fingerprint density at radius 3 is 2.43 bits per heavy atom. The molecule has 0 spiro atoms. The fraction of sp³-hybridized carbons (Fsp3) is 0.211. The molecule has 0 fully saturated rings. The Kier molecular flexibility index (Phi) is 6.24. The lowest BCUT2D eigenvalue weighted by Crippen LogP contribution is -2.41. The third-order valence-electron chi connectivity index (χ3n) is 3.45. The number of benzene rings is 2. The van der Waals surface area contributed by atoms with Gasteiger partial charge in [0, 0.05) is 23.8 Å². The van der Waals surface area contributed by atoms with Gasteiger partial charge in [-0.25, -0.2) is 4.79 Å². The highest BCUT2D eigenvalue weighted by Crippen LogP contribution is 2.16. The maximum atomic E-state index is 12.4. The highest BCUT2D eigenvalue weighted by atomic mass is 35.5. The van der Waals surface area contributed by atoms with Crippen LogP contribution >= 0.6 is 11.6 Å². The van der Waals surface area contributed by atoms with Crippen LogP contribution in [0.5, 0.6) is 0 Å². The molecule has 0 bridgehead atoms. The molecule has 0 aliphatic rings. The first-order valence-electron chi connectivity index (χ1n) is 7.60. The van der Waals surface area contributed by atoms with Crippen molar-refractivity contribution in [3.05, 3.63) is 76.9 Å². The largest absolute Gasteiger partial charge is 0.321 e. The Balaban J connectivity index is 2.00. The number of carbonyl (C=O) groups is 1. The Bertz CT molecular complexity index is 668. The third-order valence-corrected chi connectivity index (χ3v) is 3.80. The van der Waals surface area contributed by atoms with Crippen molar-refractivity contribution in [1.29, 1.82) is 0 Å². The number of hydrogen-bond donors (Lipinski definition) is 1. The second-order valence-electron chi connectivity index (χ2n) is 5.51. The van der Waals surface area contributed by atoms with Gasteiger partial charge >= 0.3 is 6.03 Å². The summed E-state index contributed by atoms with van der Waals surface area (Å²) in [4.78, 5) is 14.2. The fourth-order valence-electron chi connectivity index (χ4n) is 2.16. The van der Waals surface area contributed by atoms with E-state index in [0.29, 0.717) is 11.6 Å². The van der Waals surface area contributed by atoms with Crippen molar-refractivity contribution in [2.45, 2.75) is 26.4 Å². The maximum Gasteiger partial charge on any atom is 0.321 e. The zero-order valence-electron chi connectivity index (χ0n) is 13.4. The van der Waals surface area contributed by atoms with Gasteiger partial charge in [0.15, 0.2) is 0 Å². The summed E-state index contributed by atoms with van der Waals surface area (Å²) in [6.07, 6.45) is 3.42. The topological polar surface area (TPSA) is 32.3 Å². The van der Waals surface area contributed by atoms with Gasteiger partial charge in [-0.15, -0.1) is 0 Å². The molecule has 0 aliphatic heterocycles. The molecule has 0 radical (unpaired) electrons. The van der Waals surface area contributed by atoms with E-state index in [1.54, 1.807) is 17.2 Å². The van der Waals surface area contributed by atoms with Crippen molar-refractivity contribution < 1.29 is 4.79 Å². The van der Waals surface area contributed by atoms with Gasteiger partial charge in [-0.3, -0.25) is 0 Å². The molecule has 0 saturated carbocycles. The second-order valence-corrected chi connectivity index (χ2v) is 5.92. The molecule has 2 aromatic carbocycles. The van der Waals surface area contributed by atoms with Crippen LogP contribution in [-0.2, 0) is 6.54 Å². The number of urea groups is 1. The molecule has 23 heavy (non-hydrogen) atoms. The van der Waals surface area contributed by atoms with Gasteiger partial charge in [0.25, 0.3) is 0 Å². The van der Waals surface area contributed by atoms with E-state index in [1.807, 2.05) is 68.4 Å². The lowest BCUT2D eigenvalue weighted by atomic mass is 10.2. The Morgan fingerprint density at radius 1 is 1.13 bits per heavy atom. The number of rotatable bonds is 5. The molecule has 2 rings (SSSR count). The lowest BCUT2D eigenvalue weighted by Gasteiger charge is -2.26. The fourth-order valence-corrected chi connectivity index (χ4v) is 2.36. The van der Waals surface area contributed by atoms with Crippen LogP contribution in [0.25, 0.3) is 6.08 Å². The molecule has 3 nitrogen and oxygen atoms in total. The molecule has 0 atom stereocenters. The standard InChI is InChI=1S/C19H21ClN2O/c1-15(2)22(14-16-8-4-3-5-9-16)19(23)21-13-12-17-10-6-7-11-18(17)20/h3-13,15H,14H2,1-2H3,(H,21,23)/b13-12+. The van der Waals surface area contributed by atoms with Crippen LogP contribution in [0.1, 0.15) is 25.0 Å². The molecule has 0 unspecified atom stereocenters. The van der Waals surface area contributed by atoms with Crippen LogP contribution in [-0.4, -0.2) is 17.0 Å². The highest BCUT2D eigenvalue weighted by molar-refractivity contribution is 6.32. The van der Waals surface area contributed by atoms with Crippen LogP contribution in [0.4, 0.5) is 4.79 Å². The minimum absolute atomic E-state index is 0.101. The molecular weight excluding hydrogens is 308 g/mol. The summed E-state index contributed by atoms with van der Waals surface area (Å²) in [5.74, 6) is 0. The summed E-state index contributed by atoms with van der Waals surface area (Å²) in [6, 6.07) is 17.4. The van der Waals surface area contributed by atoms with Gasteiger partial charge < -0.3 is 10.2 Å². The Hall–Kier alpha value is -2.26. The first-order valence-corrected chi connectivity index (χ1v) is 7.98. The van der Waals surface area contributed by atoms with Crippen LogP contribution in [0, 0.1) is 0 Å². The SMILES string of the molecule is CC(C)N(Cc1ccccc1)C(=O)N/C=C/c1ccccc1Cl. The van der Waals surface area contributed by atoms with E-state index in [2.05, 4.69) is 5.32 Å². The van der Waals surface area contributed by atoms with E-state index in [0.717, 1.165) is 11.1 Å². The second kappa shape index (κ2) is 8.39. The van der Waals surface area contributed by atoms with E-state index in [-0.39, 0.29) is 12.1 Å². The van der Waals surface area contributed by atoms with Gasteiger partial charge in [-0.2, -0.15) is 0 Å². The first kappa shape index (κ1) is 17.1. The van der Waals surface area contributed by atoms with Crippen molar-refractivity contribution >= 4 is 23.7 Å². The maximum absolute atomic E-state index is 12.4. The monoisotopic (exact) mass is 328 g/mol. The lowest BCUT2D eigenvalue weighted by molar-refractivity contribution is 0.183. The van der Waals surface area contributed by atoms with E-state index in [1.165, 1.54) is 0 Å². The predicted molar refractivity (Wildman–Crippen MR) is 96.1 cm³/mol. The molecule has 120 valence electrons. The van der Waals surface area contributed by atoms with Crippen molar-refractivity contribution in [2.75, 3.05) is 0 Å². The van der Waals surface area contributed by atoms with Crippen LogP contribution < -0.4 is 5.32 Å². The molecular formula is C19H21ClN2O. The van der Waals surface area contributed by atoms with Crippen LogP contribution in [0.2, 0.25) is 5.02 Å². The molecule has 2 amide bonds. The van der Waals surface area contributed by atoms with Crippen molar-refractivity contribution in [3.8, 4) is 0 Å². The van der Waals surface area contributed by atoms with Crippen molar-refractivity contribution in [3.63, 3.8) is 0 Å². The average Bonchev–Trinajstić information content (AvgIpc) is 2.55. The minimum atomic E-state index is -0.132. The van der Waals surface area contributed by atoms with E-state index in [4.69, 9.17) is 11.6 Å². The zero-order chi connectivity index (χ0) is 16.7. The normalized spacial score (nSPS) is 11.0. The highest BCUT2D eigenvalue weighted by Gasteiger charge is 2.15. The van der Waals surface area contributed by atoms with Gasteiger partial charge in [0.1, 0.15) is 0 Å². The molecule has 0 aromatic heterocycles. The number of nitrogens with one attached hydrogen (secondary N) is 1. The number of amides is 2. The quantitative estimate of drug-likeness (QED) is 0.829. The summed E-state index contributed by atoms with van der Waals surface area (Å²) < 4.78 is 0. The molecule has 1 N–H and O–H groups in total. The molecule has 0 heterocycles. The van der Waals surface area contributed by atoms with E-state index >= 15 is 0 Å². The number of hydrogen-bond acceptors (Lipinski definition) is 1. The van der Waals surface area contributed by atoms with Gasteiger partial charge in [0.05, 0.1) is 0 Å². The van der Waals surface area contributed by atoms with Crippen LogP contribution in [0.3, 0.4) is 0 Å². The summed E-state index contributed by atoms with van der Waals surface area (Å²) in [5, 5.41) is 3.46. The Labute approximate surface area is 142 Å². The summed E-state index contributed by atoms with van der Waals surface area (Å²) in [5.41, 5.74) is 1.97. The molecule has 0 saturated heterocycles. The van der Waals surface area contributed by atoms with Gasteiger partial charge in [-0.05, 0) is 37.1 Å². The average molecular weight is 329 g/mol. The smallest absolute Gasteiger partial charge is 0.318 e. The number of nitrogens with zero attached hydrogens (tertiary/aromatic N) is 1. The van der Waals surface area contributed by atoms with E-state index in [9.17, 15) is 4.79 Å². The van der Waals surface area contributed by atoms with Gasteiger partial charge in [0.2, 0.25) is 0 Å². The molecule has 0 aliphatic carbocycles. The zero-order valence-corrected chi connectivity index (χ0v) is 14.1. The number of carbonyl (C=O) groups excluding carboxylic acids is 1. The predicted octanol–water partition coefficient (Wildman–Crippen LogP) is 4.93. The minimum Gasteiger partial charge on any atom is -0.318 e. The van der Waals surface area contributed by atoms with Crippen LogP contribution in [0.15, 0.2) is 60.8 Å². The van der Waals surface area contributed by atoms with E-state index < -0.39 is 0 Å². The van der Waals surface area contributed by atoms with Gasteiger partial charge in [-0.1, -0.05) is 60.1 Å². The summed E-state index contributed by atoms with van der Waals surface area (Å²) in [6.45, 7) is 4.57. The van der Waals surface area contributed by atoms with Crippen molar-refractivity contribution in [1.82, 2.24) is 10.2 Å². The summed E-state index contributed by atoms with van der Waals surface area (Å²) in [7, 11) is 0. The molecule has 4 heteroatoms. The molecule has 2 aromatic rings. The Morgan fingerprint density at radius 2 is 1.78 bits per heavy atom. The third kappa shape index (κ3) is 5.15. The summed E-state index contributed by atoms with van der Waals surface area (Å²) >= 11 is 6.09. The number of halogens is 1. The van der Waals surface area contributed by atoms with Crippen molar-refractivity contribution in [2.24, 2.45) is 0 Å². The first-order chi connectivity index (χ1) is 11.1.